The maximum atomic E-state index is 12.6. The van der Waals surface area contributed by atoms with Crippen LogP contribution in [0, 0.1) is 0 Å². The SMILES string of the molecule is CN1CCN([C@@H]2CCCC[C@H]2OC(=O)Cc2ccc3ccccc3c2)CC1. The van der Waals surface area contributed by atoms with Crippen LogP contribution >= 0.6 is 0 Å². The molecule has 0 bridgehead atoms. The van der Waals surface area contributed by atoms with E-state index in [1.807, 2.05) is 18.2 Å². The molecule has 2 aliphatic rings. The zero-order valence-electron chi connectivity index (χ0n) is 16.3. The third-order valence-electron chi connectivity index (χ3n) is 6.12. The predicted molar refractivity (Wildman–Crippen MR) is 109 cm³/mol. The van der Waals surface area contributed by atoms with Gasteiger partial charge in [-0.25, -0.2) is 0 Å². The summed E-state index contributed by atoms with van der Waals surface area (Å²) in [6.07, 6.45) is 4.97. The van der Waals surface area contributed by atoms with Gasteiger partial charge in [0.25, 0.3) is 0 Å². The molecular weight excluding hydrogens is 336 g/mol. The molecule has 0 amide bonds. The van der Waals surface area contributed by atoms with Crippen LogP contribution in [0.3, 0.4) is 0 Å². The van der Waals surface area contributed by atoms with Gasteiger partial charge in [-0.05, 0) is 42.6 Å². The van der Waals surface area contributed by atoms with Crippen molar-refractivity contribution in [3.63, 3.8) is 0 Å². The number of hydrogen-bond acceptors (Lipinski definition) is 4. The molecule has 144 valence electrons. The Kier molecular flexibility index (Phi) is 5.74. The Hall–Kier alpha value is -1.91. The Balaban J connectivity index is 1.39. The fraction of sp³-hybridized carbons (Fsp3) is 0.522. The van der Waals surface area contributed by atoms with Gasteiger partial charge in [-0.2, -0.15) is 0 Å². The molecule has 0 radical (unpaired) electrons. The molecule has 1 aliphatic carbocycles. The predicted octanol–water partition coefficient (Wildman–Crippen LogP) is 3.48. The molecule has 4 heteroatoms. The first-order chi connectivity index (χ1) is 13.2. The number of carbonyl (C=O) groups is 1. The minimum Gasteiger partial charge on any atom is -0.460 e. The van der Waals surface area contributed by atoms with E-state index in [9.17, 15) is 4.79 Å². The lowest BCUT2D eigenvalue weighted by molar-refractivity contribution is -0.154. The highest BCUT2D eigenvalue weighted by Gasteiger charge is 2.33. The highest BCUT2D eigenvalue weighted by atomic mass is 16.5. The molecule has 1 aliphatic heterocycles. The van der Waals surface area contributed by atoms with E-state index >= 15 is 0 Å². The van der Waals surface area contributed by atoms with E-state index in [2.05, 4.69) is 41.1 Å². The number of esters is 1. The Morgan fingerprint density at radius 1 is 1.00 bits per heavy atom. The molecule has 1 saturated carbocycles. The Morgan fingerprint density at radius 3 is 2.56 bits per heavy atom. The van der Waals surface area contributed by atoms with E-state index in [0.717, 1.165) is 51.0 Å². The maximum Gasteiger partial charge on any atom is 0.310 e. The smallest absolute Gasteiger partial charge is 0.310 e. The van der Waals surface area contributed by atoms with Crippen LogP contribution in [0.1, 0.15) is 31.2 Å². The Morgan fingerprint density at radius 2 is 1.74 bits per heavy atom. The maximum absolute atomic E-state index is 12.6. The molecular formula is C23H30N2O2. The molecule has 27 heavy (non-hydrogen) atoms. The summed E-state index contributed by atoms with van der Waals surface area (Å²) in [4.78, 5) is 17.6. The van der Waals surface area contributed by atoms with Crippen molar-refractivity contribution in [1.29, 1.82) is 0 Å². The molecule has 1 saturated heterocycles. The number of benzene rings is 2. The fourth-order valence-corrected chi connectivity index (χ4v) is 4.51. The first kappa shape index (κ1) is 18.5. The summed E-state index contributed by atoms with van der Waals surface area (Å²) in [5.74, 6) is -0.0868. The van der Waals surface area contributed by atoms with Crippen molar-refractivity contribution in [2.75, 3.05) is 33.2 Å². The van der Waals surface area contributed by atoms with Crippen molar-refractivity contribution in [1.82, 2.24) is 9.80 Å². The number of ether oxygens (including phenoxy) is 1. The van der Waals surface area contributed by atoms with Gasteiger partial charge in [0.2, 0.25) is 0 Å². The number of nitrogens with zero attached hydrogens (tertiary/aromatic N) is 2. The van der Waals surface area contributed by atoms with E-state index < -0.39 is 0 Å². The van der Waals surface area contributed by atoms with Crippen LogP contribution in [0.4, 0.5) is 0 Å². The molecule has 0 spiro atoms. The van der Waals surface area contributed by atoms with Crippen molar-refractivity contribution >= 4 is 16.7 Å². The summed E-state index contributed by atoms with van der Waals surface area (Å²) >= 11 is 0. The third-order valence-corrected chi connectivity index (χ3v) is 6.12. The summed E-state index contributed by atoms with van der Waals surface area (Å²) in [6.45, 7) is 4.38. The Bertz CT molecular complexity index is 783. The van der Waals surface area contributed by atoms with E-state index in [0.29, 0.717) is 12.5 Å². The third kappa shape index (κ3) is 4.50. The minimum absolute atomic E-state index is 0.0510. The number of fused-ring (bicyclic) bond motifs is 1. The molecule has 1 heterocycles. The number of likely N-dealkylation sites (N-methyl/N-ethyl adjacent to an activating group) is 1. The van der Waals surface area contributed by atoms with Crippen LogP contribution in [0.5, 0.6) is 0 Å². The second-order valence-corrected chi connectivity index (χ2v) is 8.08. The molecule has 4 nitrogen and oxygen atoms in total. The van der Waals surface area contributed by atoms with Crippen molar-refractivity contribution in [2.24, 2.45) is 0 Å². The Labute approximate surface area is 162 Å². The van der Waals surface area contributed by atoms with Gasteiger partial charge in [0.15, 0.2) is 0 Å². The van der Waals surface area contributed by atoms with E-state index in [4.69, 9.17) is 4.74 Å². The lowest BCUT2D eigenvalue weighted by Gasteiger charge is -2.43. The molecule has 2 aromatic carbocycles. The molecule has 2 fully saturated rings. The second-order valence-electron chi connectivity index (χ2n) is 8.08. The van der Waals surface area contributed by atoms with Crippen molar-refractivity contribution in [3.05, 3.63) is 48.0 Å². The average molecular weight is 367 g/mol. The molecule has 0 aromatic heterocycles. The number of carbonyl (C=O) groups excluding carboxylic acids is 1. The fourth-order valence-electron chi connectivity index (χ4n) is 4.51. The van der Waals surface area contributed by atoms with E-state index in [-0.39, 0.29) is 12.1 Å². The van der Waals surface area contributed by atoms with Crippen LogP contribution in [0.25, 0.3) is 10.8 Å². The molecule has 2 aromatic rings. The quantitative estimate of drug-likeness (QED) is 0.776. The summed E-state index contributed by atoms with van der Waals surface area (Å²) in [7, 11) is 2.18. The molecule has 4 rings (SSSR count). The van der Waals surface area contributed by atoms with Gasteiger partial charge in [0, 0.05) is 32.2 Å². The van der Waals surface area contributed by atoms with Gasteiger partial charge >= 0.3 is 5.97 Å². The van der Waals surface area contributed by atoms with E-state index in [1.165, 1.54) is 17.2 Å². The van der Waals surface area contributed by atoms with Crippen molar-refractivity contribution < 1.29 is 9.53 Å². The van der Waals surface area contributed by atoms with Gasteiger partial charge in [-0.1, -0.05) is 48.9 Å². The number of piperazine rings is 1. The van der Waals surface area contributed by atoms with Crippen molar-refractivity contribution in [3.8, 4) is 0 Å². The zero-order valence-corrected chi connectivity index (χ0v) is 16.3. The summed E-state index contributed by atoms with van der Waals surface area (Å²) in [5, 5.41) is 2.38. The first-order valence-electron chi connectivity index (χ1n) is 10.3. The lowest BCUT2D eigenvalue weighted by Crippen LogP contribution is -2.54. The number of hydrogen-bond donors (Lipinski definition) is 0. The van der Waals surface area contributed by atoms with Gasteiger partial charge < -0.3 is 9.64 Å². The standard InChI is InChI=1S/C23H30N2O2/c1-24-12-14-25(15-13-24)21-8-4-5-9-22(21)27-23(26)17-18-10-11-19-6-2-3-7-20(19)16-18/h2-3,6-7,10-11,16,21-22H,4-5,8-9,12-15,17H2,1H3/t21-,22-/m1/s1. The summed E-state index contributed by atoms with van der Waals surface area (Å²) in [6, 6.07) is 14.9. The van der Waals surface area contributed by atoms with Gasteiger partial charge in [-0.15, -0.1) is 0 Å². The van der Waals surface area contributed by atoms with Crippen molar-refractivity contribution in [2.45, 2.75) is 44.2 Å². The van der Waals surface area contributed by atoms with Crippen LogP contribution in [0.15, 0.2) is 42.5 Å². The topological polar surface area (TPSA) is 32.8 Å². The van der Waals surface area contributed by atoms with Gasteiger partial charge in [0.1, 0.15) is 6.10 Å². The lowest BCUT2D eigenvalue weighted by atomic mass is 9.90. The largest absolute Gasteiger partial charge is 0.460 e. The average Bonchev–Trinajstić information content (AvgIpc) is 2.69. The molecule has 0 unspecified atom stereocenters. The monoisotopic (exact) mass is 366 g/mol. The minimum atomic E-state index is -0.0868. The van der Waals surface area contributed by atoms with Gasteiger partial charge in [-0.3, -0.25) is 9.69 Å². The highest BCUT2D eigenvalue weighted by Crippen LogP contribution is 2.27. The normalized spacial score (nSPS) is 24.8. The summed E-state index contributed by atoms with van der Waals surface area (Å²) < 4.78 is 6.01. The van der Waals surface area contributed by atoms with E-state index in [1.54, 1.807) is 0 Å². The van der Waals surface area contributed by atoms with Crippen LogP contribution < -0.4 is 0 Å². The molecule has 2 atom stereocenters. The molecule has 0 N–H and O–H groups in total. The van der Waals surface area contributed by atoms with Crippen LogP contribution in [-0.2, 0) is 16.0 Å². The van der Waals surface area contributed by atoms with Crippen LogP contribution in [0.2, 0.25) is 0 Å². The zero-order chi connectivity index (χ0) is 18.6. The second kappa shape index (κ2) is 8.41. The van der Waals surface area contributed by atoms with Gasteiger partial charge in [0.05, 0.1) is 6.42 Å². The summed E-state index contributed by atoms with van der Waals surface area (Å²) in [5.41, 5.74) is 1.03. The highest BCUT2D eigenvalue weighted by molar-refractivity contribution is 5.84. The van der Waals surface area contributed by atoms with Crippen LogP contribution in [-0.4, -0.2) is 61.1 Å². The number of rotatable bonds is 4. The first-order valence-corrected chi connectivity index (χ1v) is 10.3.